The molecule has 0 aliphatic heterocycles. The van der Waals surface area contributed by atoms with Gasteiger partial charge in [-0.25, -0.2) is 0 Å². The first kappa shape index (κ1) is 13.4. The molecule has 0 amide bonds. The number of hydrogen-bond donors (Lipinski definition) is 1. The van der Waals surface area contributed by atoms with Crippen molar-refractivity contribution in [3.05, 3.63) is 0 Å². The van der Waals surface area contributed by atoms with Gasteiger partial charge in [-0.3, -0.25) is 4.79 Å². The van der Waals surface area contributed by atoms with E-state index in [2.05, 4.69) is 6.92 Å². The summed E-state index contributed by atoms with van der Waals surface area (Å²) in [7, 11) is 0. The molecule has 0 heterocycles. The summed E-state index contributed by atoms with van der Waals surface area (Å²) in [5, 5.41) is 9.47. The predicted octanol–water partition coefficient (Wildman–Crippen LogP) is 2.27. The van der Waals surface area contributed by atoms with E-state index in [0.717, 1.165) is 25.7 Å². The standard InChI is InChI=1S/C11H22O3/c1-3-5-7-10(12)8-6-9-11(13)14-4-2/h10,12H,3-9H2,1-2H3. The number of hydrogen-bond acceptors (Lipinski definition) is 3. The molecule has 3 nitrogen and oxygen atoms in total. The zero-order valence-corrected chi connectivity index (χ0v) is 9.29. The van der Waals surface area contributed by atoms with Gasteiger partial charge in [-0.05, 0) is 26.2 Å². The minimum Gasteiger partial charge on any atom is -0.466 e. The Balaban J connectivity index is 3.29. The van der Waals surface area contributed by atoms with Crippen LogP contribution in [-0.4, -0.2) is 23.8 Å². The summed E-state index contributed by atoms with van der Waals surface area (Å²) < 4.78 is 4.78. The molecule has 84 valence electrons. The van der Waals surface area contributed by atoms with Crippen molar-refractivity contribution in [2.24, 2.45) is 0 Å². The first-order valence-electron chi connectivity index (χ1n) is 5.54. The van der Waals surface area contributed by atoms with Crippen molar-refractivity contribution < 1.29 is 14.6 Å². The highest BCUT2D eigenvalue weighted by molar-refractivity contribution is 5.69. The lowest BCUT2D eigenvalue weighted by Crippen LogP contribution is -2.09. The molecule has 14 heavy (non-hydrogen) atoms. The molecule has 3 heteroatoms. The van der Waals surface area contributed by atoms with Crippen molar-refractivity contribution >= 4 is 5.97 Å². The van der Waals surface area contributed by atoms with Crippen LogP contribution in [-0.2, 0) is 9.53 Å². The van der Waals surface area contributed by atoms with Gasteiger partial charge in [0.1, 0.15) is 0 Å². The predicted molar refractivity (Wildman–Crippen MR) is 56.0 cm³/mol. The average Bonchev–Trinajstić information content (AvgIpc) is 2.15. The van der Waals surface area contributed by atoms with Crippen LogP contribution >= 0.6 is 0 Å². The molecule has 0 aromatic rings. The summed E-state index contributed by atoms with van der Waals surface area (Å²) in [5.41, 5.74) is 0. The third kappa shape index (κ3) is 8.05. The quantitative estimate of drug-likeness (QED) is 0.614. The molecule has 1 atom stereocenters. The molecular formula is C11H22O3. The van der Waals surface area contributed by atoms with Crippen LogP contribution in [0.2, 0.25) is 0 Å². The van der Waals surface area contributed by atoms with Crippen molar-refractivity contribution in [3.63, 3.8) is 0 Å². The van der Waals surface area contributed by atoms with Crippen LogP contribution < -0.4 is 0 Å². The number of aliphatic hydroxyl groups is 1. The van der Waals surface area contributed by atoms with Gasteiger partial charge < -0.3 is 9.84 Å². The van der Waals surface area contributed by atoms with E-state index >= 15 is 0 Å². The molecule has 0 aromatic heterocycles. The van der Waals surface area contributed by atoms with Crippen LogP contribution in [0.25, 0.3) is 0 Å². The topological polar surface area (TPSA) is 46.5 Å². The number of rotatable bonds is 8. The first-order chi connectivity index (χ1) is 6.70. The maximum Gasteiger partial charge on any atom is 0.305 e. The minimum atomic E-state index is -0.246. The molecule has 0 bridgehead atoms. The highest BCUT2D eigenvalue weighted by Crippen LogP contribution is 2.08. The first-order valence-corrected chi connectivity index (χ1v) is 5.54. The molecule has 0 radical (unpaired) electrons. The van der Waals surface area contributed by atoms with Gasteiger partial charge in [-0.1, -0.05) is 19.8 Å². The smallest absolute Gasteiger partial charge is 0.305 e. The Labute approximate surface area is 86.5 Å². The number of ether oxygens (including phenoxy) is 1. The van der Waals surface area contributed by atoms with E-state index in [4.69, 9.17) is 4.74 Å². The Kier molecular flexibility index (Phi) is 8.64. The van der Waals surface area contributed by atoms with Crippen LogP contribution in [0.5, 0.6) is 0 Å². The molecule has 0 saturated carbocycles. The summed E-state index contributed by atoms with van der Waals surface area (Å²) in [6.45, 7) is 4.34. The summed E-state index contributed by atoms with van der Waals surface area (Å²) in [6, 6.07) is 0. The molecule has 1 N–H and O–H groups in total. The van der Waals surface area contributed by atoms with E-state index in [1.54, 1.807) is 6.92 Å². The number of unbranched alkanes of at least 4 members (excludes halogenated alkanes) is 1. The highest BCUT2D eigenvalue weighted by Gasteiger charge is 2.06. The number of carbonyl (C=O) groups is 1. The van der Waals surface area contributed by atoms with Gasteiger partial charge in [-0.15, -0.1) is 0 Å². The van der Waals surface area contributed by atoms with Crippen LogP contribution in [0.4, 0.5) is 0 Å². The molecule has 0 rings (SSSR count). The highest BCUT2D eigenvalue weighted by atomic mass is 16.5. The van der Waals surface area contributed by atoms with Crippen LogP contribution in [0, 0.1) is 0 Å². The van der Waals surface area contributed by atoms with E-state index in [1.165, 1.54) is 0 Å². The van der Waals surface area contributed by atoms with Gasteiger partial charge in [0, 0.05) is 6.42 Å². The van der Waals surface area contributed by atoms with Crippen LogP contribution in [0.3, 0.4) is 0 Å². The minimum absolute atomic E-state index is 0.157. The average molecular weight is 202 g/mol. The largest absolute Gasteiger partial charge is 0.466 e. The second kappa shape index (κ2) is 9.00. The molecule has 0 saturated heterocycles. The third-order valence-electron chi connectivity index (χ3n) is 2.11. The Hall–Kier alpha value is -0.570. The molecule has 1 unspecified atom stereocenters. The van der Waals surface area contributed by atoms with E-state index in [-0.39, 0.29) is 12.1 Å². The zero-order chi connectivity index (χ0) is 10.8. The summed E-state index contributed by atoms with van der Waals surface area (Å²) in [5.74, 6) is -0.157. The maximum absolute atomic E-state index is 10.9. The number of carbonyl (C=O) groups excluding carboxylic acids is 1. The third-order valence-corrected chi connectivity index (χ3v) is 2.11. The van der Waals surface area contributed by atoms with Gasteiger partial charge >= 0.3 is 5.97 Å². The van der Waals surface area contributed by atoms with E-state index in [1.807, 2.05) is 0 Å². The fraction of sp³-hybridized carbons (Fsp3) is 0.909. The Morgan fingerprint density at radius 1 is 1.29 bits per heavy atom. The molecule has 0 aliphatic carbocycles. The van der Waals surface area contributed by atoms with Crippen molar-refractivity contribution in [1.29, 1.82) is 0 Å². The van der Waals surface area contributed by atoms with Gasteiger partial charge in [0.2, 0.25) is 0 Å². The number of esters is 1. The lowest BCUT2D eigenvalue weighted by molar-refractivity contribution is -0.143. The van der Waals surface area contributed by atoms with E-state index in [0.29, 0.717) is 19.4 Å². The van der Waals surface area contributed by atoms with Crippen molar-refractivity contribution in [2.75, 3.05) is 6.61 Å². The van der Waals surface area contributed by atoms with E-state index in [9.17, 15) is 9.90 Å². The van der Waals surface area contributed by atoms with E-state index < -0.39 is 0 Å². The number of aliphatic hydroxyl groups excluding tert-OH is 1. The van der Waals surface area contributed by atoms with Crippen molar-refractivity contribution in [1.82, 2.24) is 0 Å². The van der Waals surface area contributed by atoms with Gasteiger partial charge in [0.25, 0.3) is 0 Å². The SMILES string of the molecule is CCCCC(O)CCCC(=O)OCC. The monoisotopic (exact) mass is 202 g/mol. The zero-order valence-electron chi connectivity index (χ0n) is 9.29. The van der Waals surface area contributed by atoms with Gasteiger partial charge in [-0.2, -0.15) is 0 Å². The van der Waals surface area contributed by atoms with Gasteiger partial charge in [0.05, 0.1) is 12.7 Å². The Morgan fingerprint density at radius 3 is 2.50 bits per heavy atom. The molecular weight excluding hydrogens is 180 g/mol. The summed E-state index contributed by atoms with van der Waals surface area (Å²) in [6.07, 6.45) is 4.62. The fourth-order valence-corrected chi connectivity index (χ4v) is 1.30. The fourth-order valence-electron chi connectivity index (χ4n) is 1.30. The Bertz CT molecular complexity index is 145. The molecule has 0 aliphatic rings. The van der Waals surface area contributed by atoms with Crippen LogP contribution in [0.15, 0.2) is 0 Å². The van der Waals surface area contributed by atoms with Crippen molar-refractivity contribution in [2.45, 2.75) is 58.5 Å². The molecule has 0 fully saturated rings. The molecule has 0 aromatic carbocycles. The Morgan fingerprint density at radius 2 is 1.93 bits per heavy atom. The van der Waals surface area contributed by atoms with Crippen molar-refractivity contribution in [3.8, 4) is 0 Å². The maximum atomic E-state index is 10.9. The summed E-state index contributed by atoms with van der Waals surface area (Å²) >= 11 is 0. The van der Waals surface area contributed by atoms with Crippen LogP contribution in [0.1, 0.15) is 52.4 Å². The normalized spacial score (nSPS) is 12.5. The lowest BCUT2D eigenvalue weighted by atomic mass is 10.1. The molecule has 0 spiro atoms. The second-order valence-electron chi connectivity index (χ2n) is 3.49. The summed E-state index contributed by atoms with van der Waals surface area (Å²) in [4.78, 5) is 10.9. The second-order valence-corrected chi connectivity index (χ2v) is 3.49. The lowest BCUT2D eigenvalue weighted by Gasteiger charge is -2.08. The van der Waals surface area contributed by atoms with Gasteiger partial charge in [0.15, 0.2) is 0 Å².